The maximum atomic E-state index is 12.7. The van der Waals surface area contributed by atoms with Crippen molar-refractivity contribution in [3.05, 3.63) is 53.6 Å². The fraction of sp³-hybridized carbons (Fsp3) is 0.400. The fourth-order valence-corrected chi connectivity index (χ4v) is 2.73. The quantitative estimate of drug-likeness (QED) is 0.941. The minimum Gasteiger partial charge on any atom is -0.329 e. The molecule has 0 amide bonds. The van der Waals surface area contributed by atoms with E-state index in [4.69, 9.17) is 0 Å². The number of benzene rings is 1. The van der Waals surface area contributed by atoms with Crippen LogP contribution in [0.4, 0.5) is 13.2 Å². The number of rotatable bonds is 3. The van der Waals surface area contributed by atoms with Crippen LogP contribution in [0, 0.1) is 0 Å². The standard InChI is InChI=1S/C15H16F3N3/c16-15(17,18)12-4-1-3-11(7-12)9-21-10-19-8-14(21)13-5-2-6-20-13/h1,3-4,7-8,10,13,20H,2,5-6,9H2. The Balaban J connectivity index is 1.83. The van der Waals surface area contributed by atoms with Crippen molar-refractivity contribution < 1.29 is 13.2 Å². The van der Waals surface area contributed by atoms with Crippen LogP contribution < -0.4 is 5.32 Å². The second-order valence-electron chi connectivity index (χ2n) is 5.29. The highest BCUT2D eigenvalue weighted by Crippen LogP contribution is 2.30. The lowest BCUT2D eigenvalue weighted by Gasteiger charge is -2.15. The average molecular weight is 295 g/mol. The molecule has 0 radical (unpaired) electrons. The van der Waals surface area contributed by atoms with Crippen molar-refractivity contribution in [1.29, 1.82) is 0 Å². The molecule has 0 aliphatic carbocycles. The third kappa shape index (κ3) is 3.10. The van der Waals surface area contributed by atoms with Gasteiger partial charge < -0.3 is 9.88 Å². The number of nitrogens with zero attached hydrogens (tertiary/aromatic N) is 2. The molecule has 3 rings (SSSR count). The van der Waals surface area contributed by atoms with Gasteiger partial charge in [0.05, 0.1) is 17.6 Å². The maximum Gasteiger partial charge on any atom is 0.416 e. The van der Waals surface area contributed by atoms with Gasteiger partial charge in [0.1, 0.15) is 0 Å². The van der Waals surface area contributed by atoms with Crippen molar-refractivity contribution in [2.75, 3.05) is 6.54 Å². The van der Waals surface area contributed by atoms with E-state index in [9.17, 15) is 13.2 Å². The molecule has 2 heterocycles. The monoisotopic (exact) mass is 295 g/mol. The molecule has 1 fully saturated rings. The van der Waals surface area contributed by atoms with Crippen LogP contribution in [0.5, 0.6) is 0 Å². The summed E-state index contributed by atoms with van der Waals surface area (Å²) >= 11 is 0. The molecule has 1 aliphatic heterocycles. The van der Waals surface area contributed by atoms with E-state index < -0.39 is 11.7 Å². The first-order chi connectivity index (χ1) is 10.0. The molecule has 1 N–H and O–H groups in total. The highest BCUT2D eigenvalue weighted by atomic mass is 19.4. The normalized spacial score (nSPS) is 19.1. The lowest BCUT2D eigenvalue weighted by molar-refractivity contribution is -0.137. The van der Waals surface area contributed by atoms with Crippen LogP contribution in [0.15, 0.2) is 36.8 Å². The lowest BCUT2D eigenvalue weighted by Crippen LogP contribution is -2.17. The summed E-state index contributed by atoms with van der Waals surface area (Å²) in [6.45, 7) is 1.37. The Hall–Kier alpha value is -1.82. The van der Waals surface area contributed by atoms with Crippen molar-refractivity contribution >= 4 is 0 Å². The number of nitrogens with one attached hydrogen (secondary N) is 1. The SMILES string of the molecule is FC(F)(F)c1cccc(Cn2cncc2C2CCCN2)c1. The smallest absolute Gasteiger partial charge is 0.329 e. The molecular formula is C15H16F3N3. The first-order valence-electron chi connectivity index (χ1n) is 6.93. The van der Waals surface area contributed by atoms with Gasteiger partial charge in [-0.25, -0.2) is 4.98 Å². The number of hydrogen-bond acceptors (Lipinski definition) is 2. The van der Waals surface area contributed by atoms with Gasteiger partial charge in [0, 0.05) is 18.8 Å². The van der Waals surface area contributed by atoms with Crippen molar-refractivity contribution in [1.82, 2.24) is 14.9 Å². The Morgan fingerprint density at radius 1 is 1.33 bits per heavy atom. The van der Waals surface area contributed by atoms with Crippen molar-refractivity contribution in [2.24, 2.45) is 0 Å². The molecule has 1 aromatic carbocycles. The van der Waals surface area contributed by atoms with Crippen LogP contribution in [0.25, 0.3) is 0 Å². The molecule has 1 unspecified atom stereocenters. The van der Waals surface area contributed by atoms with Crippen LogP contribution >= 0.6 is 0 Å². The highest BCUT2D eigenvalue weighted by Gasteiger charge is 2.30. The molecule has 21 heavy (non-hydrogen) atoms. The van der Waals surface area contributed by atoms with Gasteiger partial charge in [-0.15, -0.1) is 0 Å². The van der Waals surface area contributed by atoms with E-state index in [2.05, 4.69) is 10.3 Å². The highest BCUT2D eigenvalue weighted by molar-refractivity contribution is 5.26. The molecule has 1 atom stereocenters. The van der Waals surface area contributed by atoms with Gasteiger partial charge in [0.2, 0.25) is 0 Å². The summed E-state index contributed by atoms with van der Waals surface area (Å²) in [7, 11) is 0. The van der Waals surface area contributed by atoms with Crippen molar-refractivity contribution in [3.8, 4) is 0 Å². The number of alkyl halides is 3. The summed E-state index contributed by atoms with van der Waals surface area (Å²) in [5.41, 5.74) is 1.05. The molecule has 2 aromatic rings. The van der Waals surface area contributed by atoms with Gasteiger partial charge in [-0.05, 0) is 37.1 Å². The first kappa shape index (κ1) is 14.1. The predicted molar refractivity (Wildman–Crippen MR) is 72.8 cm³/mol. The minimum atomic E-state index is -4.30. The summed E-state index contributed by atoms with van der Waals surface area (Å²) in [6.07, 6.45) is 1.31. The second kappa shape index (κ2) is 5.52. The lowest BCUT2D eigenvalue weighted by atomic mass is 10.1. The molecule has 3 nitrogen and oxygen atoms in total. The first-order valence-corrected chi connectivity index (χ1v) is 6.93. The van der Waals surface area contributed by atoms with Gasteiger partial charge >= 0.3 is 6.18 Å². The molecule has 0 spiro atoms. The Morgan fingerprint density at radius 2 is 2.19 bits per heavy atom. The molecule has 6 heteroatoms. The van der Waals surface area contributed by atoms with Crippen LogP contribution in [-0.4, -0.2) is 16.1 Å². The Labute approximate surface area is 120 Å². The van der Waals surface area contributed by atoms with E-state index >= 15 is 0 Å². The van der Waals surface area contributed by atoms with Gasteiger partial charge in [0.25, 0.3) is 0 Å². The van der Waals surface area contributed by atoms with Gasteiger partial charge in [-0.2, -0.15) is 13.2 Å². The summed E-state index contributed by atoms with van der Waals surface area (Å²) in [4.78, 5) is 4.13. The van der Waals surface area contributed by atoms with Crippen molar-refractivity contribution in [3.63, 3.8) is 0 Å². The van der Waals surface area contributed by atoms with E-state index in [1.807, 2.05) is 4.57 Å². The Morgan fingerprint density at radius 3 is 2.90 bits per heavy atom. The zero-order valence-corrected chi connectivity index (χ0v) is 11.4. The Kier molecular flexibility index (Phi) is 3.71. The number of imidazole rings is 1. The summed E-state index contributed by atoms with van der Waals surface area (Å²) < 4.78 is 40.1. The van der Waals surface area contributed by atoms with E-state index in [0.29, 0.717) is 12.1 Å². The van der Waals surface area contributed by atoms with Gasteiger partial charge in [0.15, 0.2) is 0 Å². The van der Waals surface area contributed by atoms with E-state index in [0.717, 1.165) is 31.1 Å². The molecule has 112 valence electrons. The number of halogens is 3. The molecular weight excluding hydrogens is 279 g/mol. The summed E-state index contributed by atoms with van der Waals surface area (Å²) in [6, 6.07) is 5.70. The predicted octanol–water partition coefficient (Wildman–Crippen LogP) is 3.37. The summed E-state index contributed by atoms with van der Waals surface area (Å²) in [5, 5.41) is 3.38. The minimum absolute atomic E-state index is 0.248. The van der Waals surface area contributed by atoms with Gasteiger partial charge in [-0.3, -0.25) is 0 Å². The van der Waals surface area contributed by atoms with Crippen LogP contribution in [0.1, 0.15) is 35.7 Å². The molecule has 1 aliphatic rings. The summed E-state index contributed by atoms with van der Waals surface area (Å²) in [5.74, 6) is 0. The molecule has 0 saturated carbocycles. The van der Waals surface area contributed by atoms with E-state index in [-0.39, 0.29) is 6.04 Å². The fourth-order valence-electron chi connectivity index (χ4n) is 2.73. The third-order valence-corrected chi connectivity index (χ3v) is 3.77. The number of hydrogen-bond donors (Lipinski definition) is 1. The zero-order chi connectivity index (χ0) is 14.9. The second-order valence-corrected chi connectivity index (χ2v) is 5.29. The maximum absolute atomic E-state index is 12.7. The Bertz CT molecular complexity index is 613. The molecule has 1 saturated heterocycles. The topological polar surface area (TPSA) is 29.9 Å². The number of aromatic nitrogens is 2. The van der Waals surface area contributed by atoms with Crippen LogP contribution in [0.2, 0.25) is 0 Å². The molecule has 0 bridgehead atoms. The zero-order valence-electron chi connectivity index (χ0n) is 11.4. The van der Waals surface area contributed by atoms with Gasteiger partial charge in [-0.1, -0.05) is 12.1 Å². The average Bonchev–Trinajstić information content (AvgIpc) is 3.08. The van der Waals surface area contributed by atoms with Crippen molar-refractivity contribution in [2.45, 2.75) is 31.6 Å². The van der Waals surface area contributed by atoms with E-state index in [1.165, 1.54) is 12.1 Å². The van der Waals surface area contributed by atoms with E-state index in [1.54, 1.807) is 18.6 Å². The molecule has 1 aromatic heterocycles. The third-order valence-electron chi connectivity index (χ3n) is 3.77. The largest absolute Gasteiger partial charge is 0.416 e. The van der Waals surface area contributed by atoms with Crippen LogP contribution in [0.3, 0.4) is 0 Å². The van der Waals surface area contributed by atoms with Crippen LogP contribution in [-0.2, 0) is 12.7 Å².